The molecule has 0 radical (unpaired) electrons. The SMILES string of the molecule is Cc1ccc(S(=O)(=O)N2CCC[C@@H](C(=O)Nc3ccc(Br)cc3)C2)cc1. The maximum atomic E-state index is 12.9. The van der Waals surface area contributed by atoms with Crippen LogP contribution in [0.1, 0.15) is 18.4 Å². The van der Waals surface area contributed by atoms with Crippen molar-refractivity contribution in [1.82, 2.24) is 4.31 Å². The number of carbonyl (C=O) groups excluding carboxylic acids is 1. The van der Waals surface area contributed by atoms with E-state index in [-0.39, 0.29) is 23.3 Å². The molecule has 26 heavy (non-hydrogen) atoms. The van der Waals surface area contributed by atoms with Crippen LogP contribution in [-0.4, -0.2) is 31.7 Å². The van der Waals surface area contributed by atoms with Crippen LogP contribution in [-0.2, 0) is 14.8 Å². The maximum Gasteiger partial charge on any atom is 0.243 e. The summed E-state index contributed by atoms with van der Waals surface area (Å²) in [4.78, 5) is 12.8. The van der Waals surface area contributed by atoms with Gasteiger partial charge in [0.05, 0.1) is 10.8 Å². The molecular weight excluding hydrogens is 416 g/mol. The van der Waals surface area contributed by atoms with Gasteiger partial charge in [-0.05, 0) is 56.2 Å². The number of hydrogen-bond donors (Lipinski definition) is 1. The van der Waals surface area contributed by atoms with Gasteiger partial charge in [-0.1, -0.05) is 33.6 Å². The van der Waals surface area contributed by atoms with Crippen molar-refractivity contribution in [1.29, 1.82) is 0 Å². The zero-order valence-corrected chi connectivity index (χ0v) is 16.9. The summed E-state index contributed by atoms with van der Waals surface area (Å²) >= 11 is 3.36. The highest BCUT2D eigenvalue weighted by molar-refractivity contribution is 9.10. The number of halogens is 1. The second-order valence-electron chi connectivity index (χ2n) is 6.51. The number of sulfonamides is 1. The van der Waals surface area contributed by atoms with Gasteiger partial charge in [0.2, 0.25) is 15.9 Å². The van der Waals surface area contributed by atoms with Crippen molar-refractivity contribution in [3.8, 4) is 0 Å². The van der Waals surface area contributed by atoms with E-state index in [0.717, 1.165) is 10.0 Å². The van der Waals surface area contributed by atoms with E-state index in [1.165, 1.54) is 4.31 Å². The second-order valence-corrected chi connectivity index (χ2v) is 9.37. The maximum absolute atomic E-state index is 12.9. The largest absolute Gasteiger partial charge is 0.326 e. The lowest BCUT2D eigenvalue weighted by Gasteiger charge is -2.31. The van der Waals surface area contributed by atoms with E-state index in [1.807, 2.05) is 31.2 Å². The Kier molecular flexibility index (Phi) is 5.79. The van der Waals surface area contributed by atoms with Crippen LogP contribution in [0.25, 0.3) is 0 Å². The Bertz CT molecular complexity index is 880. The molecule has 1 heterocycles. The molecule has 1 fully saturated rings. The number of nitrogens with one attached hydrogen (secondary N) is 1. The second kappa shape index (κ2) is 7.90. The highest BCUT2D eigenvalue weighted by Gasteiger charge is 2.33. The van der Waals surface area contributed by atoms with Gasteiger partial charge in [-0.25, -0.2) is 8.42 Å². The van der Waals surface area contributed by atoms with E-state index in [9.17, 15) is 13.2 Å². The van der Waals surface area contributed by atoms with E-state index < -0.39 is 10.0 Å². The molecule has 0 aromatic heterocycles. The molecule has 1 saturated heterocycles. The zero-order chi connectivity index (χ0) is 18.7. The van der Waals surface area contributed by atoms with E-state index in [0.29, 0.717) is 25.1 Å². The third-order valence-corrected chi connectivity index (χ3v) is 6.93. The summed E-state index contributed by atoms with van der Waals surface area (Å²) < 4.78 is 28.1. The number of piperidine rings is 1. The Balaban J connectivity index is 1.71. The smallest absolute Gasteiger partial charge is 0.243 e. The van der Waals surface area contributed by atoms with Crippen molar-refractivity contribution in [3.63, 3.8) is 0 Å². The molecule has 1 aliphatic heterocycles. The number of aryl methyl sites for hydroxylation is 1. The molecule has 1 atom stereocenters. The fraction of sp³-hybridized carbons (Fsp3) is 0.316. The summed E-state index contributed by atoms with van der Waals surface area (Å²) in [5.74, 6) is -0.497. The van der Waals surface area contributed by atoms with E-state index in [2.05, 4.69) is 21.2 Å². The van der Waals surface area contributed by atoms with Crippen LogP contribution in [0, 0.1) is 12.8 Å². The molecule has 138 valence electrons. The van der Waals surface area contributed by atoms with Gasteiger partial charge in [-0.3, -0.25) is 4.79 Å². The lowest BCUT2D eigenvalue weighted by atomic mass is 9.99. The first-order valence-corrected chi connectivity index (χ1v) is 10.7. The van der Waals surface area contributed by atoms with Crippen LogP contribution in [0.5, 0.6) is 0 Å². The predicted octanol–water partition coefficient (Wildman–Crippen LogP) is 3.80. The Hall–Kier alpha value is -1.70. The minimum atomic E-state index is -3.58. The topological polar surface area (TPSA) is 66.5 Å². The molecule has 5 nitrogen and oxygen atoms in total. The highest BCUT2D eigenvalue weighted by atomic mass is 79.9. The highest BCUT2D eigenvalue weighted by Crippen LogP contribution is 2.25. The van der Waals surface area contributed by atoms with Crippen molar-refractivity contribution < 1.29 is 13.2 Å². The first kappa shape index (κ1) is 19.1. The monoisotopic (exact) mass is 436 g/mol. The number of amides is 1. The summed E-state index contributed by atoms with van der Waals surface area (Å²) in [7, 11) is -3.58. The van der Waals surface area contributed by atoms with Gasteiger partial charge in [-0.2, -0.15) is 4.31 Å². The standard InChI is InChI=1S/C19H21BrN2O3S/c1-14-4-10-18(11-5-14)26(24,25)22-12-2-3-15(13-22)19(23)21-17-8-6-16(20)7-9-17/h4-11,15H,2-3,12-13H2,1H3,(H,21,23)/t15-/m1/s1. The van der Waals surface area contributed by atoms with Crippen LogP contribution in [0.2, 0.25) is 0 Å². The van der Waals surface area contributed by atoms with E-state index in [1.54, 1.807) is 24.3 Å². The first-order valence-electron chi connectivity index (χ1n) is 8.49. The fourth-order valence-electron chi connectivity index (χ4n) is 3.01. The summed E-state index contributed by atoms with van der Waals surface area (Å²) in [6.45, 7) is 2.57. The van der Waals surface area contributed by atoms with Crippen LogP contribution >= 0.6 is 15.9 Å². The van der Waals surface area contributed by atoms with Crippen molar-refractivity contribution in [3.05, 3.63) is 58.6 Å². The minimum Gasteiger partial charge on any atom is -0.326 e. The van der Waals surface area contributed by atoms with Gasteiger partial charge in [-0.15, -0.1) is 0 Å². The van der Waals surface area contributed by atoms with Crippen LogP contribution < -0.4 is 5.32 Å². The average Bonchev–Trinajstić information content (AvgIpc) is 2.64. The van der Waals surface area contributed by atoms with E-state index in [4.69, 9.17) is 0 Å². The molecule has 1 N–H and O–H groups in total. The number of benzene rings is 2. The molecule has 0 saturated carbocycles. The fourth-order valence-corrected chi connectivity index (χ4v) is 4.80. The van der Waals surface area contributed by atoms with Crippen molar-refractivity contribution in [2.24, 2.45) is 5.92 Å². The third-order valence-electron chi connectivity index (χ3n) is 4.53. The molecule has 0 aliphatic carbocycles. The van der Waals surface area contributed by atoms with Gasteiger partial charge in [0, 0.05) is 23.2 Å². The normalized spacial score (nSPS) is 18.5. The predicted molar refractivity (Wildman–Crippen MR) is 105 cm³/mol. The Morgan fingerprint density at radius 2 is 1.77 bits per heavy atom. The Morgan fingerprint density at radius 1 is 1.12 bits per heavy atom. The number of rotatable bonds is 4. The van der Waals surface area contributed by atoms with Gasteiger partial charge in [0.25, 0.3) is 0 Å². The zero-order valence-electron chi connectivity index (χ0n) is 14.5. The van der Waals surface area contributed by atoms with Crippen LogP contribution in [0.4, 0.5) is 5.69 Å². The number of anilines is 1. The average molecular weight is 437 g/mol. The summed E-state index contributed by atoms with van der Waals surface area (Å²) in [6, 6.07) is 14.1. The summed E-state index contributed by atoms with van der Waals surface area (Å²) in [5, 5.41) is 2.88. The lowest BCUT2D eigenvalue weighted by molar-refractivity contribution is -0.120. The first-order chi connectivity index (χ1) is 12.4. The number of hydrogen-bond acceptors (Lipinski definition) is 3. The molecule has 0 bridgehead atoms. The molecule has 2 aromatic carbocycles. The minimum absolute atomic E-state index is 0.142. The van der Waals surface area contributed by atoms with Crippen molar-refractivity contribution in [2.45, 2.75) is 24.7 Å². The molecule has 2 aromatic rings. The van der Waals surface area contributed by atoms with Gasteiger partial charge < -0.3 is 5.32 Å². The number of carbonyl (C=O) groups is 1. The Labute approximate surface area is 162 Å². The summed E-state index contributed by atoms with van der Waals surface area (Å²) in [6.07, 6.45) is 1.35. The molecule has 7 heteroatoms. The van der Waals surface area contributed by atoms with Crippen LogP contribution in [0.15, 0.2) is 57.9 Å². The van der Waals surface area contributed by atoms with Gasteiger partial charge >= 0.3 is 0 Å². The Morgan fingerprint density at radius 3 is 2.42 bits per heavy atom. The lowest BCUT2D eigenvalue weighted by Crippen LogP contribution is -2.43. The van der Waals surface area contributed by atoms with Crippen molar-refractivity contribution >= 4 is 37.5 Å². The molecule has 1 amide bonds. The van der Waals surface area contributed by atoms with Gasteiger partial charge in [0.15, 0.2) is 0 Å². The molecular formula is C19H21BrN2O3S. The molecule has 0 spiro atoms. The van der Waals surface area contributed by atoms with E-state index >= 15 is 0 Å². The molecule has 0 unspecified atom stereocenters. The van der Waals surface area contributed by atoms with Crippen molar-refractivity contribution in [2.75, 3.05) is 18.4 Å². The molecule has 3 rings (SSSR count). The number of nitrogens with zero attached hydrogens (tertiary/aromatic N) is 1. The molecule has 1 aliphatic rings. The van der Waals surface area contributed by atoms with Gasteiger partial charge in [0.1, 0.15) is 0 Å². The third kappa shape index (κ3) is 4.34. The quantitative estimate of drug-likeness (QED) is 0.792. The summed E-state index contributed by atoms with van der Waals surface area (Å²) in [5.41, 5.74) is 1.71. The van der Waals surface area contributed by atoms with Crippen LogP contribution in [0.3, 0.4) is 0 Å².